The molecule has 0 spiro atoms. The molecular formula is C13H12F3N3. The molecule has 19 heavy (non-hydrogen) atoms. The van der Waals surface area contributed by atoms with E-state index in [1.54, 1.807) is 18.3 Å². The number of halogens is 3. The third-order valence-electron chi connectivity index (χ3n) is 2.65. The highest BCUT2D eigenvalue weighted by Gasteiger charge is 2.32. The van der Waals surface area contributed by atoms with Gasteiger partial charge in [0, 0.05) is 18.4 Å². The Balaban J connectivity index is 2.19. The lowest BCUT2D eigenvalue weighted by Crippen LogP contribution is -2.11. The maximum absolute atomic E-state index is 12.8. The van der Waals surface area contributed by atoms with Gasteiger partial charge in [-0.2, -0.15) is 13.2 Å². The van der Waals surface area contributed by atoms with Crippen molar-refractivity contribution in [3.63, 3.8) is 0 Å². The maximum atomic E-state index is 12.8. The minimum Gasteiger partial charge on any atom is -0.397 e. The second-order valence-corrected chi connectivity index (χ2v) is 3.97. The summed E-state index contributed by atoms with van der Waals surface area (Å²) in [5, 5.41) is 2.75. The van der Waals surface area contributed by atoms with E-state index in [1.165, 1.54) is 18.3 Å². The van der Waals surface area contributed by atoms with Crippen molar-refractivity contribution in [2.45, 2.75) is 12.7 Å². The Kier molecular flexibility index (Phi) is 3.59. The van der Waals surface area contributed by atoms with Gasteiger partial charge in [0.05, 0.1) is 17.4 Å². The Labute approximate surface area is 108 Å². The molecule has 3 N–H and O–H groups in total. The zero-order valence-corrected chi connectivity index (χ0v) is 9.91. The van der Waals surface area contributed by atoms with Crippen molar-refractivity contribution in [2.24, 2.45) is 0 Å². The van der Waals surface area contributed by atoms with E-state index in [2.05, 4.69) is 10.3 Å². The van der Waals surface area contributed by atoms with Crippen LogP contribution in [0.15, 0.2) is 42.7 Å². The zero-order valence-electron chi connectivity index (χ0n) is 9.91. The quantitative estimate of drug-likeness (QED) is 0.897. The van der Waals surface area contributed by atoms with Gasteiger partial charge in [-0.1, -0.05) is 12.1 Å². The summed E-state index contributed by atoms with van der Waals surface area (Å²) in [6.45, 7) is 0.210. The molecule has 1 aromatic carbocycles. The summed E-state index contributed by atoms with van der Waals surface area (Å²) in [6, 6.07) is 7.00. The first kappa shape index (κ1) is 13.2. The lowest BCUT2D eigenvalue weighted by Gasteiger charge is -2.14. The van der Waals surface area contributed by atoms with Crippen LogP contribution in [0.4, 0.5) is 24.5 Å². The van der Waals surface area contributed by atoms with Crippen molar-refractivity contribution >= 4 is 11.4 Å². The summed E-state index contributed by atoms with van der Waals surface area (Å²) in [5.41, 5.74) is 6.17. The topological polar surface area (TPSA) is 50.9 Å². The largest absolute Gasteiger partial charge is 0.418 e. The van der Waals surface area contributed by atoms with Crippen molar-refractivity contribution in [1.29, 1.82) is 0 Å². The average molecular weight is 267 g/mol. The van der Waals surface area contributed by atoms with E-state index in [1.807, 2.05) is 0 Å². The third kappa shape index (κ3) is 3.15. The Hall–Kier alpha value is -2.24. The van der Waals surface area contributed by atoms with Crippen LogP contribution in [0.5, 0.6) is 0 Å². The fourth-order valence-electron chi connectivity index (χ4n) is 1.67. The molecule has 0 radical (unpaired) electrons. The van der Waals surface area contributed by atoms with E-state index >= 15 is 0 Å². The number of alkyl halides is 3. The van der Waals surface area contributed by atoms with Gasteiger partial charge >= 0.3 is 6.18 Å². The zero-order chi connectivity index (χ0) is 13.9. The van der Waals surface area contributed by atoms with Crippen LogP contribution >= 0.6 is 0 Å². The number of nitrogen functional groups attached to an aromatic ring is 1. The second kappa shape index (κ2) is 5.17. The first-order valence-corrected chi connectivity index (χ1v) is 5.57. The minimum absolute atomic E-state index is 0.0335. The van der Waals surface area contributed by atoms with Crippen molar-refractivity contribution in [2.75, 3.05) is 11.1 Å². The van der Waals surface area contributed by atoms with Crippen molar-refractivity contribution in [1.82, 2.24) is 4.98 Å². The third-order valence-corrected chi connectivity index (χ3v) is 2.65. The number of hydrogen-bond donors (Lipinski definition) is 2. The molecule has 3 nitrogen and oxygen atoms in total. The van der Waals surface area contributed by atoms with Crippen LogP contribution in [0.2, 0.25) is 0 Å². The minimum atomic E-state index is -4.38. The van der Waals surface area contributed by atoms with Gasteiger partial charge in [0.25, 0.3) is 0 Å². The molecule has 0 atom stereocenters. The smallest absolute Gasteiger partial charge is 0.397 e. The Morgan fingerprint density at radius 2 is 1.89 bits per heavy atom. The van der Waals surface area contributed by atoms with Crippen LogP contribution in [0, 0.1) is 0 Å². The highest BCUT2D eigenvalue weighted by atomic mass is 19.4. The van der Waals surface area contributed by atoms with Gasteiger partial charge in [0.15, 0.2) is 0 Å². The van der Waals surface area contributed by atoms with Gasteiger partial charge in [-0.05, 0) is 23.8 Å². The molecular weight excluding hydrogens is 255 g/mol. The van der Waals surface area contributed by atoms with E-state index in [9.17, 15) is 13.2 Å². The Bertz CT molecular complexity index is 567. The fraction of sp³-hybridized carbons (Fsp3) is 0.154. The highest BCUT2D eigenvalue weighted by molar-refractivity contribution is 5.54. The lowest BCUT2D eigenvalue weighted by molar-refractivity contribution is -0.136. The summed E-state index contributed by atoms with van der Waals surface area (Å²) < 4.78 is 38.3. The number of rotatable bonds is 3. The average Bonchev–Trinajstić information content (AvgIpc) is 2.37. The number of nitrogens with zero attached hydrogens (tertiary/aromatic N) is 1. The highest BCUT2D eigenvalue weighted by Crippen LogP contribution is 2.34. The van der Waals surface area contributed by atoms with Crippen LogP contribution < -0.4 is 11.1 Å². The van der Waals surface area contributed by atoms with Gasteiger partial charge in [0.2, 0.25) is 0 Å². The molecule has 0 aliphatic heterocycles. The van der Waals surface area contributed by atoms with Gasteiger partial charge in [0.1, 0.15) is 0 Å². The predicted octanol–water partition coefficient (Wildman–Crippen LogP) is 3.29. The number of benzene rings is 1. The molecule has 0 saturated carbocycles. The number of pyridine rings is 1. The number of hydrogen-bond acceptors (Lipinski definition) is 3. The number of para-hydroxylation sites is 1. The normalized spacial score (nSPS) is 11.3. The van der Waals surface area contributed by atoms with Crippen molar-refractivity contribution in [3.05, 3.63) is 53.9 Å². The van der Waals surface area contributed by atoms with E-state index < -0.39 is 11.7 Å². The van der Waals surface area contributed by atoms with E-state index in [-0.39, 0.29) is 12.2 Å². The summed E-state index contributed by atoms with van der Waals surface area (Å²) >= 11 is 0. The number of nitrogens with one attached hydrogen (secondary N) is 1. The number of anilines is 2. The van der Waals surface area contributed by atoms with Crippen molar-refractivity contribution < 1.29 is 13.2 Å². The summed E-state index contributed by atoms with van der Waals surface area (Å²) in [6.07, 6.45) is -1.37. The molecule has 0 bridgehead atoms. The maximum Gasteiger partial charge on any atom is 0.418 e. The first-order valence-electron chi connectivity index (χ1n) is 5.57. The number of nitrogens with two attached hydrogens (primary N) is 1. The molecule has 0 aliphatic carbocycles. The standard InChI is InChI=1S/C13H12F3N3/c14-13(15,16)10-3-1-2-4-12(10)19-7-9-5-6-18-8-11(9)17/h1-6,8,19H,7,17H2. The molecule has 0 fully saturated rings. The molecule has 0 amide bonds. The Morgan fingerprint density at radius 1 is 1.16 bits per heavy atom. The van der Waals surface area contributed by atoms with Crippen LogP contribution in [-0.2, 0) is 12.7 Å². The molecule has 0 aliphatic rings. The summed E-state index contributed by atoms with van der Waals surface area (Å²) in [4.78, 5) is 3.82. The molecule has 0 saturated heterocycles. The lowest BCUT2D eigenvalue weighted by atomic mass is 10.1. The van der Waals surface area contributed by atoms with Crippen LogP contribution in [0.25, 0.3) is 0 Å². The van der Waals surface area contributed by atoms with Gasteiger partial charge in [-0.3, -0.25) is 4.98 Å². The molecule has 2 rings (SSSR count). The van der Waals surface area contributed by atoms with Crippen LogP contribution in [-0.4, -0.2) is 4.98 Å². The van der Waals surface area contributed by atoms with Gasteiger partial charge in [-0.15, -0.1) is 0 Å². The summed E-state index contributed by atoms with van der Waals surface area (Å²) in [5.74, 6) is 0. The van der Waals surface area contributed by atoms with Gasteiger partial charge < -0.3 is 11.1 Å². The molecule has 2 aromatic rings. The monoisotopic (exact) mass is 267 g/mol. The number of aromatic nitrogens is 1. The predicted molar refractivity (Wildman–Crippen MR) is 67.4 cm³/mol. The second-order valence-electron chi connectivity index (χ2n) is 3.97. The molecule has 6 heteroatoms. The fourth-order valence-corrected chi connectivity index (χ4v) is 1.67. The van der Waals surface area contributed by atoms with Crippen LogP contribution in [0.3, 0.4) is 0 Å². The molecule has 0 unspecified atom stereocenters. The first-order chi connectivity index (χ1) is 8.98. The van der Waals surface area contributed by atoms with E-state index in [0.717, 1.165) is 6.07 Å². The molecule has 1 heterocycles. The SMILES string of the molecule is Nc1cnccc1CNc1ccccc1C(F)(F)F. The van der Waals surface area contributed by atoms with Crippen LogP contribution in [0.1, 0.15) is 11.1 Å². The summed E-state index contributed by atoms with van der Waals surface area (Å²) in [7, 11) is 0. The Morgan fingerprint density at radius 3 is 2.58 bits per heavy atom. The molecule has 1 aromatic heterocycles. The van der Waals surface area contributed by atoms with Gasteiger partial charge in [-0.25, -0.2) is 0 Å². The molecule has 100 valence electrons. The van der Waals surface area contributed by atoms with E-state index in [4.69, 9.17) is 5.73 Å². The van der Waals surface area contributed by atoms with E-state index in [0.29, 0.717) is 11.3 Å². The van der Waals surface area contributed by atoms with Crippen molar-refractivity contribution in [3.8, 4) is 0 Å².